The summed E-state index contributed by atoms with van der Waals surface area (Å²) in [5.41, 5.74) is 6.53. The lowest BCUT2D eigenvalue weighted by Crippen LogP contribution is -2.56. The molecule has 2 N–H and O–H groups in total. The quantitative estimate of drug-likeness (QED) is 0.835. The zero-order valence-corrected chi connectivity index (χ0v) is 10.2. The Morgan fingerprint density at radius 1 is 1.29 bits per heavy atom. The van der Waals surface area contributed by atoms with Gasteiger partial charge in [0.25, 0.3) is 0 Å². The Morgan fingerprint density at radius 2 is 2.00 bits per heavy atom. The SMILES string of the molecule is CC1C(=O)N(c2ccccc2)CCN1CCN. The number of nitrogens with zero attached hydrogens (tertiary/aromatic N) is 2. The van der Waals surface area contributed by atoms with Crippen LogP contribution in [0.4, 0.5) is 5.69 Å². The predicted octanol–water partition coefficient (Wildman–Crippen LogP) is 0.682. The number of nitrogens with two attached hydrogens (primary N) is 1. The molecule has 1 amide bonds. The van der Waals surface area contributed by atoms with Gasteiger partial charge in [0.1, 0.15) is 0 Å². The van der Waals surface area contributed by atoms with Gasteiger partial charge in [-0.3, -0.25) is 9.69 Å². The summed E-state index contributed by atoms with van der Waals surface area (Å²) in [5.74, 6) is 0.163. The van der Waals surface area contributed by atoms with E-state index in [4.69, 9.17) is 5.73 Å². The van der Waals surface area contributed by atoms with E-state index >= 15 is 0 Å². The fourth-order valence-corrected chi connectivity index (χ4v) is 2.25. The second kappa shape index (κ2) is 5.29. The third kappa shape index (κ3) is 2.48. The van der Waals surface area contributed by atoms with Gasteiger partial charge in [-0.25, -0.2) is 0 Å². The number of rotatable bonds is 3. The summed E-state index contributed by atoms with van der Waals surface area (Å²) < 4.78 is 0. The van der Waals surface area contributed by atoms with Gasteiger partial charge in [0.2, 0.25) is 5.91 Å². The highest BCUT2D eigenvalue weighted by Crippen LogP contribution is 2.19. The second-order valence-electron chi connectivity index (χ2n) is 4.33. The van der Waals surface area contributed by atoms with Crippen LogP contribution in [0.2, 0.25) is 0 Å². The Bertz CT molecular complexity index is 380. The molecule has 1 aromatic carbocycles. The van der Waals surface area contributed by atoms with Crippen molar-refractivity contribution >= 4 is 11.6 Å². The topological polar surface area (TPSA) is 49.6 Å². The molecular formula is C13H19N3O. The molecule has 0 aliphatic carbocycles. The molecule has 92 valence electrons. The van der Waals surface area contributed by atoms with E-state index in [1.165, 1.54) is 0 Å². The molecule has 17 heavy (non-hydrogen) atoms. The number of amides is 1. The van der Waals surface area contributed by atoms with Crippen molar-refractivity contribution in [2.45, 2.75) is 13.0 Å². The van der Waals surface area contributed by atoms with Crippen molar-refractivity contribution in [2.75, 3.05) is 31.1 Å². The molecule has 1 aliphatic rings. The van der Waals surface area contributed by atoms with Crippen LogP contribution in [-0.4, -0.2) is 43.0 Å². The fourth-order valence-electron chi connectivity index (χ4n) is 2.25. The molecule has 2 rings (SSSR count). The van der Waals surface area contributed by atoms with E-state index in [0.717, 1.165) is 25.3 Å². The molecule has 1 atom stereocenters. The number of piperazine rings is 1. The molecule has 4 heteroatoms. The van der Waals surface area contributed by atoms with Crippen molar-refractivity contribution in [3.8, 4) is 0 Å². The number of carbonyl (C=O) groups excluding carboxylic acids is 1. The van der Waals surface area contributed by atoms with Crippen LogP contribution >= 0.6 is 0 Å². The molecule has 1 fully saturated rings. The van der Waals surface area contributed by atoms with Crippen LogP contribution in [0.3, 0.4) is 0 Å². The summed E-state index contributed by atoms with van der Waals surface area (Å²) in [5, 5.41) is 0. The Labute approximate surface area is 102 Å². The highest BCUT2D eigenvalue weighted by molar-refractivity contribution is 5.97. The minimum absolute atomic E-state index is 0.0764. The number of para-hydroxylation sites is 1. The summed E-state index contributed by atoms with van der Waals surface area (Å²) in [6.07, 6.45) is 0. The van der Waals surface area contributed by atoms with Crippen LogP contribution in [0.15, 0.2) is 30.3 Å². The van der Waals surface area contributed by atoms with Crippen LogP contribution in [0, 0.1) is 0 Å². The molecule has 1 aliphatic heterocycles. The highest BCUT2D eigenvalue weighted by atomic mass is 16.2. The molecule has 0 bridgehead atoms. The highest BCUT2D eigenvalue weighted by Gasteiger charge is 2.31. The monoisotopic (exact) mass is 233 g/mol. The van der Waals surface area contributed by atoms with E-state index in [1.807, 2.05) is 42.2 Å². The Hall–Kier alpha value is -1.39. The molecule has 0 spiro atoms. The minimum Gasteiger partial charge on any atom is -0.329 e. The Kier molecular flexibility index (Phi) is 3.76. The lowest BCUT2D eigenvalue weighted by Gasteiger charge is -2.38. The molecule has 0 saturated carbocycles. The van der Waals surface area contributed by atoms with Crippen LogP contribution in [-0.2, 0) is 4.79 Å². The summed E-state index contributed by atoms with van der Waals surface area (Å²) >= 11 is 0. The lowest BCUT2D eigenvalue weighted by molar-refractivity contribution is -0.125. The van der Waals surface area contributed by atoms with Gasteiger partial charge >= 0.3 is 0 Å². The maximum Gasteiger partial charge on any atom is 0.244 e. The largest absolute Gasteiger partial charge is 0.329 e. The van der Waals surface area contributed by atoms with Crippen molar-refractivity contribution in [1.82, 2.24) is 4.90 Å². The summed E-state index contributed by atoms with van der Waals surface area (Å²) in [6, 6.07) is 9.75. The van der Waals surface area contributed by atoms with Crippen LogP contribution in [0.5, 0.6) is 0 Å². The van der Waals surface area contributed by atoms with Gasteiger partial charge in [-0.2, -0.15) is 0 Å². The zero-order chi connectivity index (χ0) is 12.3. The van der Waals surface area contributed by atoms with Gasteiger partial charge in [-0.1, -0.05) is 18.2 Å². The van der Waals surface area contributed by atoms with Gasteiger partial charge in [0, 0.05) is 31.9 Å². The maximum atomic E-state index is 12.3. The number of carbonyl (C=O) groups is 1. The average Bonchev–Trinajstić information content (AvgIpc) is 2.36. The first-order valence-electron chi connectivity index (χ1n) is 6.04. The van der Waals surface area contributed by atoms with Gasteiger partial charge in [-0.15, -0.1) is 0 Å². The number of hydrogen-bond donors (Lipinski definition) is 1. The van der Waals surface area contributed by atoms with E-state index in [0.29, 0.717) is 6.54 Å². The zero-order valence-electron chi connectivity index (χ0n) is 10.2. The Morgan fingerprint density at radius 3 is 2.65 bits per heavy atom. The van der Waals surface area contributed by atoms with Crippen LogP contribution in [0.1, 0.15) is 6.92 Å². The number of hydrogen-bond acceptors (Lipinski definition) is 3. The van der Waals surface area contributed by atoms with E-state index < -0.39 is 0 Å². The first-order valence-corrected chi connectivity index (χ1v) is 6.04. The molecule has 1 unspecified atom stereocenters. The summed E-state index contributed by atoms with van der Waals surface area (Å²) in [4.78, 5) is 16.3. The molecule has 1 heterocycles. The standard InChI is InChI=1S/C13H19N3O/c1-11-13(17)16(10-9-15(11)8-7-14)12-5-3-2-4-6-12/h2-6,11H,7-10,14H2,1H3. The van der Waals surface area contributed by atoms with Crippen LogP contribution in [0.25, 0.3) is 0 Å². The van der Waals surface area contributed by atoms with Crippen molar-refractivity contribution in [1.29, 1.82) is 0 Å². The minimum atomic E-state index is -0.0764. The van der Waals surface area contributed by atoms with E-state index in [9.17, 15) is 4.79 Å². The first-order chi connectivity index (χ1) is 8.24. The normalized spacial score (nSPS) is 21.9. The van der Waals surface area contributed by atoms with Gasteiger partial charge in [0.15, 0.2) is 0 Å². The predicted molar refractivity (Wildman–Crippen MR) is 68.9 cm³/mol. The second-order valence-corrected chi connectivity index (χ2v) is 4.33. The van der Waals surface area contributed by atoms with Gasteiger partial charge in [0.05, 0.1) is 6.04 Å². The molecule has 1 saturated heterocycles. The fraction of sp³-hybridized carbons (Fsp3) is 0.462. The van der Waals surface area contributed by atoms with Crippen molar-refractivity contribution < 1.29 is 4.79 Å². The first kappa shape index (κ1) is 12.1. The van der Waals surface area contributed by atoms with Crippen molar-refractivity contribution in [3.63, 3.8) is 0 Å². The third-order valence-electron chi connectivity index (χ3n) is 3.27. The maximum absolute atomic E-state index is 12.3. The van der Waals surface area contributed by atoms with E-state index in [-0.39, 0.29) is 11.9 Å². The molecular weight excluding hydrogens is 214 g/mol. The van der Waals surface area contributed by atoms with Gasteiger partial charge in [-0.05, 0) is 19.1 Å². The number of benzene rings is 1. The van der Waals surface area contributed by atoms with Crippen molar-refractivity contribution in [2.24, 2.45) is 5.73 Å². The van der Waals surface area contributed by atoms with E-state index in [2.05, 4.69) is 4.90 Å². The average molecular weight is 233 g/mol. The van der Waals surface area contributed by atoms with E-state index in [1.54, 1.807) is 0 Å². The summed E-state index contributed by atoms with van der Waals surface area (Å²) in [6.45, 7) is 4.97. The van der Waals surface area contributed by atoms with Crippen molar-refractivity contribution in [3.05, 3.63) is 30.3 Å². The Balaban J connectivity index is 2.11. The molecule has 0 aromatic heterocycles. The molecule has 0 radical (unpaired) electrons. The summed E-state index contributed by atoms with van der Waals surface area (Å²) in [7, 11) is 0. The van der Waals surface area contributed by atoms with Gasteiger partial charge < -0.3 is 10.6 Å². The van der Waals surface area contributed by atoms with Crippen LogP contribution < -0.4 is 10.6 Å². The third-order valence-corrected chi connectivity index (χ3v) is 3.27. The molecule has 4 nitrogen and oxygen atoms in total. The molecule has 1 aromatic rings. The number of anilines is 1. The lowest BCUT2D eigenvalue weighted by atomic mass is 10.1. The smallest absolute Gasteiger partial charge is 0.244 e.